The van der Waals surface area contributed by atoms with E-state index in [0.29, 0.717) is 33.6 Å². The summed E-state index contributed by atoms with van der Waals surface area (Å²) >= 11 is 1.19. The van der Waals surface area contributed by atoms with E-state index < -0.39 is 0 Å². The predicted molar refractivity (Wildman–Crippen MR) is 115 cm³/mol. The van der Waals surface area contributed by atoms with Crippen molar-refractivity contribution in [2.75, 3.05) is 11.1 Å². The first-order valence-corrected chi connectivity index (χ1v) is 10.4. The number of amides is 1. The number of carbonyl (C=O) groups excluding carboxylic acids is 2. The number of rotatable bonds is 7. The van der Waals surface area contributed by atoms with Crippen LogP contribution in [0.2, 0.25) is 0 Å². The molecular weight excluding hydrogens is 435 g/mol. The van der Waals surface area contributed by atoms with Gasteiger partial charge < -0.3 is 14.4 Å². The molecule has 0 aliphatic heterocycles. The molecule has 0 aliphatic rings. The molecule has 0 bridgehead atoms. The Balaban J connectivity index is 1.39. The van der Waals surface area contributed by atoms with Crippen molar-refractivity contribution in [3.8, 4) is 23.1 Å². The van der Waals surface area contributed by atoms with E-state index in [9.17, 15) is 14.0 Å². The summed E-state index contributed by atoms with van der Waals surface area (Å²) in [5, 5.41) is 15.3. The Labute approximate surface area is 186 Å². The van der Waals surface area contributed by atoms with Crippen molar-refractivity contribution >= 4 is 29.1 Å². The summed E-state index contributed by atoms with van der Waals surface area (Å²) < 4.78 is 20.0. The van der Waals surface area contributed by atoms with E-state index in [2.05, 4.69) is 25.7 Å². The lowest BCUT2D eigenvalue weighted by Crippen LogP contribution is -2.14. The Morgan fingerprint density at radius 3 is 2.50 bits per heavy atom. The maximum absolute atomic E-state index is 13.1. The molecular formula is C21H17FN6O3S. The van der Waals surface area contributed by atoms with Crippen LogP contribution in [0.4, 0.5) is 10.1 Å². The second kappa shape index (κ2) is 9.10. The number of hydrogen-bond acceptors (Lipinski definition) is 8. The number of nitrogens with zero attached hydrogens (tertiary/aromatic N) is 5. The summed E-state index contributed by atoms with van der Waals surface area (Å²) in [7, 11) is 1.72. The molecule has 2 aromatic heterocycles. The second-order valence-corrected chi connectivity index (χ2v) is 7.71. The Morgan fingerprint density at radius 2 is 1.81 bits per heavy atom. The fourth-order valence-electron chi connectivity index (χ4n) is 2.77. The lowest BCUT2D eigenvalue weighted by atomic mass is 10.1. The highest BCUT2D eigenvalue weighted by atomic mass is 32.2. The van der Waals surface area contributed by atoms with Crippen LogP contribution in [0.5, 0.6) is 0 Å². The van der Waals surface area contributed by atoms with E-state index in [1.54, 1.807) is 48.0 Å². The molecule has 11 heteroatoms. The van der Waals surface area contributed by atoms with Gasteiger partial charge in [0.25, 0.3) is 5.89 Å². The summed E-state index contributed by atoms with van der Waals surface area (Å²) in [6, 6.07) is 12.4. The van der Waals surface area contributed by atoms with Gasteiger partial charge in [-0.15, -0.1) is 10.2 Å². The minimum absolute atomic E-state index is 0.0393. The van der Waals surface area contributed by atoms with Crippen molar-refractivity contribution < 1.29 is 18.5 Å². The minimum atomic E-state index is -0.357. The van der Waals surface area contributed by atoms with Gasteiger partial charge in [-0.2, -0.15) is 4.98 Å². The molecule has 4 aromatic rings. The molecule has 0 spiro atoms. The number of thioether (sulfide) groups is 1. The molecule has 4 rings (SSSR count). The molecule has 0 saturated carbocycles. The summed E-state index contributed by atoms with van der Waals surface area (Å²) in [6.07, 6.45) is 0. The number of ketones is 1. The van der Waals surface area contributed by atoms with E-state index in [1.807, 2.05) is 0 Å². The van der Waals surface area contributed by atoms with Gasteiger partial charge in [-0.1, -0.05) is 16.9 Å². The average molecular weight is 452 g/mol. The van der Waals surface area contributed by atoms with E-state index in [0.717, 1.165) is 0 Å². The van der Waals surface area contributed by atoms with E-state index in [1.165, 1.54) is 30.8 Å². The van der Waals surface area contributed by atoms with Gasteiger partial charge in [-0.05, 0) is 55.5 Å². The van der Waals surface area contributed by atoms with Crippen LogP contribution in [-0.2, 0) is 11.8 Å². The first kappa shape index (κ1) is 21.4. The Morgan fingerprint density at radius 1 is 1.09 bits per heavy atom. The molecule has 9 nitrogen and oxygen atoms in total. The van der Waals surface area contributed by atoms with Gasteiger partial charge in [0, 0.05) is 23.9 Å². The fourth-order valence-corrected chi connectivity index (χ4v) is 3.48. The predicted octanol–water partition coefficient (Wildman–Crippen LogP) is 3.60. The van der Waals surface area contributed by atoms with Crippen LogP contribution < -0.4 is 5.32 Å². The van der Waals surface area contributed by atoms with Crippen molar-refractivity contribution in [2.24, 2.45) is 7.05 Å². The van der Waals surface area contributed by atoms with Gasteiger partial charge >= 0.3 is 0 Å². The molecule has 0 radical (unpaired) electrons. The topological polar surface area (TPSA) is 116 Å². The van der Waals surface area contributed by atoms with Gasteiger partial charge in [-0.25, -0.2) is 4.39 Å². The molecule has 1 N–H and O–H groups in total. The van der Waals surface area contributed by atoms with Crippen LogP contribution in [0.1, 0.15) is 17.3 Å². The molecule has 0 saturated heterocycles. The third kappa shape index (κ3) is 4.72. The van der Waals surface area contributed by atoms with Crippen LogP contribution in [0.25, 0.3) is 23.1 Å². The highest BCUT2D eigenvalue weighted by Crippen LogP contribution is 2.24. The second-order valence-electron chi connectivity index (χ2n) is 6.77. The Hall–Kier alpha value is -3.86. The maximum atomic E-state index is 13.1. The summed E-state index contributed by atoms with van der Waals surface area (Å²) in [5.74, 6) is 0.270. The molecule has 0 fully saturated rings. The molecule has 32 heavy (non-hydrogen) atoms. The van der Waals surface area contributed by atoms with E-state index in [4.69, 9.17) is 4.52 Å². The molecule has 0 unspecified atom stereocenters. The Kier molecular flexibility index (Phi) is 6.08. The van der Waals surface area contributed by atoms with Gasteiger partial charge in [0.15, 0.2) is 10.9 Å². The number of halogens is 1. The third-order valence-electron chi connectivity index (χ3n) is 4.46. The van der Waals surface area contributed by atoms with Crippen LogP contribution in [0, 0.1) is 5.82 Å². The van der Waals surface area contributed by atoms with Crippen LogP contribution in [0.3, 0.4) is 0 Å². The highest BCUT2D eigenvalue weighted by molar-refractivity contribution is 7.99. The van der Waals surface area contributed by atoms with Gasteiger partial charge in [0.1, 0.15) is 5.82 Å². The number of Topliss-reactive ketones (excluding diaryl/α,β-unsaturated/α-hetero) is 1. The number of anilines is 1. The van der Waals surface area contributed by atoms with Crippen LogP contribution in [-0.4, -0.2) is 42.3 Å². The highest BCUT2D eigenvalue weighted by Gasteiger charge is 2.19. The van der Waals surface area contributed by atoms with E-state index >= 15 is 0 Å². The number of carbonyl (C=O) groups is 2. The van der Waals surface area contributed by atoms with Crippen molar-refractivity contribution in [3.05, 3.63) is 59.9 Å². The van der Waals surface area contributed by atoms with Crippen molar-refractivity contribution in [1.29, 1.82) is 0 Å². The normalized spacial score (nSPS) is 10.8. The zero-order chi connectivity index (χ0) is 22.7. The fraction of sp³-hybridized carbons (Fsp3) is 0.143. The van der Waals surface area contributed by atoms with E-state index in [-0.39, 0.29) is 29.2 Å². The lowest BCUT2D eigenvalue weighted by molar-refractivity contribution is -0.113. The molecule has 0 atom stereocenters. The molecule has 162 valence electrons. The SMILES string of the molecule is CC(=O)c1ccc(NC(=O)CSc2nnc(-c3nc(-c4ccc(F)cc4)no3)n2C)cc1. The first-order valence-electron chi connectivity index (χ1n) is 9.44. The van der Waals surface area contributed by atoms with Gasteiger partial charge in [-0.3, -0.25) is 9.59 Å². The standard InChI is InChI=1S/C21H17FN6O3S/c1-12(29)13-5-9-16(10-6-13)23-17(30)11-32-21-26-25-19(28(21)2)20-24-18(27-31-20)14-3-7-15(22)8-4-14/h3-10H,11H2,1-2H3,(H,23,30). The quantitative estimate of drug-likeness (QED) is 0.334. The Bertz CT molecular complexity index is 1270. The number of hydrogen-bond donors (Lipinski definition) is 1. The molecule has 0 aliphatic carbocycles. The lowest BCUT2D eigenvalue weighted by Gasteiger charge is -2.05. The monoisotopic (exact) mass is 452 g/mol. The summed E-state index contributed by atoms with van der Waals surface area (Å²) in [6.45, 7) is 1.48. The number of nitrogens with one attached hydrogen (secondary N) is 1. The summed E-state index contributed by atoms with van der Waals surface area (Å²) in [5.41, 5.74) is 1.78. The maximum Gasteiger partial charge on any atom is 0.296 e. The van der Waals surface area contributed by atoms with Crippen molar-refractivity contribution in [2.45, 2.75) is 12.1 Å². The molecule has 2 heterocycles. The largest absolute Gasteiger partial charge is 0.330 e. The van der Waals surface area contributed by atoms with Crippen molar-refractivity contribution in [1.82, 2.24) is 24.9 Å². The minimum Gasteiger partial charge on any atom is -0.330 e. The van der Waals surface area contributed by atoms with Crippen LogP contribution >= 0.6 is 11.8 Å². The van der Waals surface area contributed by atoms with Gasteiger partial charge in [0.2, 0.25) is 17.6 Å². The first-order chi connectivity index (χ1) is 15.4. The number of benzene rings is 2. The third-order valence-corrected chi connectivity index (χ3v) is 5.48. The van der Waals surface area contributed by atoms with Crippen molar-refractivity contribution in [3.63, 3.8) is 0 Å². The number of aromatic nitrogens is 5. The van der Waals surface area contributed by atoms with Crippen LogP contribution in [0.15, 0.2) is 58.2 Å². The molecule has 1 amide bonds. The molecule has 2 aromatic carbocycles. The zero-order valence-corrected chi connectivity index (χ0v) is 17.9. The average Bonchev–Trinajstić information content (AvgIpc) is 3.40. The van der Waals surface area contributed by atoms with Gasteiger partial charge in [0.05, 0.1) is 5.75 Å². The zero-order valence-electron chi connectivity index (χ0n) is 17.1. The smallest absolute Gasteiger partial charge is 0.296 e. The summed E-state index contributed by atoms with van der Waals surface area (Å²) in [4.78, 5) is 27.9.